The summed E-state index contributed by atoms with van der Waals surface area (Å²) in [5.41, 5.74) is 0. The summed E-state index contributed by atoms with van der Waals surface area (Å²) in [5.74, 6) is -0.462. The summed E-state index contributed by atoms with van der Waals surface area (Å²) in [7, 11) is 0. The van der Waals surface area contributed by atoms with Crippen molar-refractivity contribution in [1.82, 2.24) is 5.32 Å². The van der Waals surface area contributed by atoms with Crippen LogP contribution < -0.4 is 5.32 Å². The standard InChI is InChI=1S/C10H17NO4/c1-2-15-10(14)8(11-6-12)9(13)7-4-3-5-7/h6-9,13H,2-5H2,1H3,(H,11,12). The van der Waals surface area contributed by atoms with E-state index < -0.39 is 18.1 Å². The van der Waals surface area contributed by atoms with Crippen molar-refractivity contribution in [3.63, 3.8) is 0 Å². The molecule has 1 saturated carbocycles. The van der Waals surface area contributed by atoms with E-state index in [1.807, 2.05) is 0 Å². The van der Waals surface area contributed by atoms with Gasteiger partial charge in [0, 0.05) is 0 Å². The zero-order valence-corrected chi connectivity index (χ0v) is 8.81. The van der Waals surface area contributed by atoms with Crippen LogP contribution in [0.2, 0.25) is 0 Å². The Balaban J connectivity index is 2.54. The summed E-state index contributed by atoms with van der Waals surface area (Å²) in [6.07, 6.45) is 2.46. The summed E-state index contributed by atoms with van der Waals surface area (Å²) in [6, 6.07) is -0.923. The molecule has 0 aromatic heterocycles. The zero-order chi connectivity index (χ0) is 11.3. The molecule has 2 N–H and O–H groups in total. The van der Waals surface area contributed by atoms with Crippen LogP contribution in [0.3, 0.4) is 0 Å². The van der Waals surface area contributed by atoms with E-state index in [0.29, 0.717) is 6.41 Å². The lowest BCUT2D eigenvalue weighted by atomic mass is 9.78. The smallest absolute Gasteiger partial charge is 0.331 e. The van der Waals surface area contributed by atoms with Crippen LogP contribution in [-0.2, 0) is 14.3 Å². The molecule has 0 bridgehead atoms. The van der Waals surface area contributed by atoms with E-state index in [-0.39, 0.29) is 12.5 Å². The van der Waals surface area contributed by atoms with E-state index in [0.717, 1.165) is 19.3 Å². The maximum Gasteiger partial charge on any atom is 0.331 e. The number of hydrogen-bond acceptors (Lipinski definition) is 4. The van der Waals surface area contributed by atoms with Crippen LogP contribution in [0, 0.1) is 5.92 Å². The number of aliphatic hydroxyl groups excluding tert-OH is 1. The molecule has 1 fully saturated rings. The molecule has 0 saturated heterocycles. The molecule has 15 heavy (non-hydrogen) atoms. The van der Waals surface area contributed by atoms with Gasteiger partial charge in [0.1, 0.15) is 0 Å². The molecule has 0 aromatic carbocycles. The molecule has 5 heteroatoms. The number of amides is 1. The number of hydrogen-bond donors (Lipinski definition) is 2. The summed E-state index contributed by atoms with van der Waals surface area (Å²) in [4.78, 5) is 21.7. The highest BCUT2D eigenvalue weighted by atomic mass is 16.5. The summed E-state index contributed by atoms with van der Waals surface area (Å²) in [6.45, 7) is 1.93. The van der Waals surface area contributed by atoms with Gasteiger partial charge in [-0.3, -0.25) is 4.79 Å². The lowest BCUT2D eigenvalue weighted by Crippen LogP contribution is -2.50. The quantitative estimate of drug-likeness (QED) is 0.476. The molecule has 86 valence electrons. The van der Waals surface area contributed by atoms with Crippen molar-refractivity contribution >= 4 is 12.4 Å². The summed E-state index contributed by atoms with van der Waals surface area (Å²) in [5, 5.41) is 12.1. The Morgan fingerprint density at radius 3 is 2.73 bits per heavy atom. The average Bonchev–Trinajstić information content (AvgIpc) is 2.11. The predicted octanol–water partition coefficient (Wildman–Crippen LogP) is -0.175. The monoisotopic (exact) mass is 215 g/mol. The fraction of sp³-hybridized carbons (Fsp3) is 0.800. The van der Waals surface area contributed by atoms with Gasteiger partial charge in [0.05, 0.1) is 12.7 Å². The first kappa shape index (κ1) is 12.0. The van der Waals surface area contributed by atoms with Crippen molar-refractivity contribution in [2.45, 2.75) is 38.3 Å². The summed E-state index contributed by atoms with van der Waals surface area (Å²) < 4.78 is 4.78. The van der Waals surface area contributed by atoms with Crippen LogP contribution in [-0.4, -0.2) is 36.2 Å². The number of esters is 1. The highest BCUT2D eigenvalue weighted by molar-refractivity contribution is 5.79. The minimum absolute atomic E-state index is 0.104. The molecule has 1 rings (SSSR count). The first-order valence-corrected chi connectivity index (χ1v) is 5.25. The van der Waals surface area contributed by atoms with Crippen molar-refractivity contribution in [3.8, 4) is 0 Å². The largest absolute Gasteiger partial charge is 0.464 e. The Hall–Kier alpha value is -1.10. The first-order valence-electron chi connectivity index (χ1n) is 5.25. The van der Waals surface area contributed by atoms with Gasteiger partial charge in [-0.15, -0.1) is 0 Å². The van der Waals surface area contributed by atoms with Crippen molar-refractivity contribution in [2.24, 2.45) is 5.92 Å². The molecule has 0 spiro atoms. The van der Waals surface area contributed by atoms with Crippen LogP contribution in [0.4, 0.5) is 0 Å². The lowest BCUT2D eigenvalue weighted by molar-refractivity contribution is -0.151. The number of aliphatic hydroxyl groups is 1. The minimum Gasteiger partial charge on any atom is -0.464 e. The number of nitrogens with one attached hydrogen (secondary N) is 1. The second-order valence-corrected chi connectivity index (χ2v) is 3.70. The van der Waals surface area contributed by atoms with Crippen molar-refractivity contribution in [1.29, 1.82) is 0 Å². The average molecular weight is 215 g/mol. The molecular weight excluding hydrogens is 198 g/mol. The minimum atomic E-state index is -0.923. The van der Waals surface area contributed by atoms with Gasteiger partial charge in [-0.05, 0) is 25.7 Å². The molecule has 2 unspecified atom stereocenters. The Kier molecular flexibility index (Phi) is 4.55. The molecule has 1 aliphatic rings. The van der Waals surface area contributed by atoms with Crippen molar-refractivity contribution in [2.75, 3.05) is 6.61 Å². The Morgan fingerprint density at radius 2 is 2.33 bits per heavy atom. The van der Waals surface area contributed by atoms with Gasteiger partial charge in [-0.1, -0.05) is 6.42 Å². The van der Waals surface area contributed by atoms with E-state index in [1.54, 1.807) is 6.92 Å². The number of ether oxygens (including phenoxy) is 1. The molecule has 0 radical (unpaired) electrons. The van der Waals surface area contributed by atoms with Gasteiger partial charge in [0.2, 0.25) is 6.41 Å². The van der Waals surface area contributed by atoms with Crippen molar-refractivity contribution < 1.29 is 19.4 Å². The van der Waals surface area contributed by atoms with Gasteiger partial charge < -0.3 is 15.2 Å². The van der Waals surface area contributed by atoms with Gasteiger partial charge in [0.15, 0.2) is 6.04 Å². The van der Waals surface area contributed by atoms with Gasteiger partial charge >= 0.3 is 5.97 Å². The number of rotatable bonds is 6. The molecule has 0 aromatic rings. The Bertz CT molecular complexity index is 227. The van der Waals surface area contributed by atoms with Crippen LogP contribution in [0.15, 0.2) is 0 Å². The predicted molar refractivity (Wildman–Crippen MR) is 53.0 cm³/mol. The second-order valence-electron chi connectivity index (χ2n) is 3.70. The first-order chi connectivity index (χ1) is 7.20. The highest BCUT2D eigenvalue weighted by Gasteiger charge is 2.36. The van der Waals surface area contributed by atoms with E-state index in [1.165, 1.54) is 0 Å². The summed E-state index contributed by atoms with van der Waals surface area (Å²) >= 11 is 0. The third kappa shape index (κ3) is 2.92. The molecular formula is C10H17NO4. The normalized spacial score (nSPS) is 19.9. The third-order valence-electron chi connectivity index (χ3n) is 2.76. The molecule has 1 amide bonds. The third-order valence-corrected chi connectivity index (χ3v) is 2.76. The molecule has 0 aliphatic heterocycles. The van der Waals surface area contributed by atoms with E-state index in [2.05, 4.69) is 5.32 Å². The lowest BCUT2D eigenvalue weighted by Gasteiger charge is -2.33. The van der Waals surface area contributed by atoms with Crippen LogP contribution in [0.1, 0.15) is 26.2 Å². The van der Waals surface area contributed by atoms with Gasteiger partial charge in [-0.25, -0.2) is 4.79 Å². The molecule has 5 nitrogen and oxygen atoms in total. The SMILES string of the molecule is CCOC(=O)C(NC=O)C(O)C1CCC1. The van der Waals surface area contributed by atoms with Crippen LogP contribution in [0.25, 0.3) is 0 Å². The number of carbonyl (C=O) groups is 2. The van der Waals surface area contributed by atoms with Crippen LogP contribution in [0.5, 0.6) is 0 Å². The molecule has 1 aliphatic carbocycles. The number of carbonyl (C=O) groups excluding carboxylic acids is 2. The topological polar surface area (TPSA) is 75.6 Å². The van der Waals surface area contributed by atoms with Gasteiger partial charge in [0.25, 0.3) is 0 Å². The highest BCUT2D eigenvalue weighted by Crippen LogP contribution is 2.31. The van der Waals surface area contributed by atoms with Crippen LogP contribution >= 0.6 is 0 Å². The molecule has 0 heterocycles. The van der Waals surface area contributed by atoms with Crippen molar-refractivity contribution in [3.05, 3.63) is 0 Å². The van der Waals surface area contributed by atoms with E-state index >= 15 is 0 Å². The Morgan fingerprint density at radius 1 is 1.67 bits per heavy atom. The zero-order valence-electron chi connectivity index (χ0n) is 8.81. The fourth-order valence-corrected chi connectivity index (χ4v) is 1.66. The maximum absolute atomic E-state index is 11.4. The van der Waals surface area contributed by atoms with E-state index in [9.17, 15) is 14.7 Å². The maximum atomic E-state index is 11.4. The fourth-order valence-electron chi connectivity index (χ4n) is 1.66. The van der Waals surface area contributed by atoms with Gasteiger partial charge in [-0.2, -0.15) is 0 Å². The van der Waals surface area contributed by atoms with E-state index in [4.69, 9.17) is 4.74 Å². The Labute approximate surface area is 88.8 Å². The second kappa shape index (κ2) is 5.70. The molecule has 2 atom stereocenters.